The molecule has 0 bridgehead atoms. The molecule has 1 aliphatic rings. The maximum Gasteiger partial charge on any atom is 0.179 e. The maximum atomic E-state index is 6.27. The van der Waals surface area contributed by atoms with Crippen molar-refractivity contribution >= 4 is 53.4 Å². The molecule has 25 heavy (non-hydrogen) atoms. The Bertz CT molecular complexity index is 744. The molecule has 0 spiro atoms. The predicted octanol–water partition coefficient (Wildman–Crippen LogP) is 4.09. The average molecular weight is 496 g/mol. The first-order chi connectivity index (χ1) is 11.8. The van der Waals surface area contributed by atoms with E-state index < -0.39 is 8.07 Å². The average Bonchev–Trinajstić information content (AvgIpc) is 2.90. The highest BCUT2D eigenvalue weighted by Gasteiger charge is 2.25. The molecule has 2 aromatic rings. The molecule has 0 amide bonds. The molecule has 138 valence electrons. The van der Waals surface area contributed by atoms with Gasteiger partial charge < -0.3 is 14.2 Å². The van der Waals surface area contributed by atoms with Gasteiger partial charge in [0.05, 0.1) is 30.4 Å². The van der Waals surface area contributed by atoms with Gasteiger partial charge >= 0.3 is 0 Å². The Kier molecular flexibility index (Phi) is 6.38. The van der Waals surface area contributed by atoms with E-state index in [0.29, 0.717) is 37.2 Å². The third-order valence-electron chi connectivity index (χ3n) is 4.00. The fourth-order valence-corrected chi connectivity index (χ4v) is 3.86. The zero-order valence-corrected chi connectivity index (χ0v) is 18.6. The van der Waals surface area contributed by atoms with E-state index in [-0.39, 0.29) is 6.10 Å². The van der Waals surface area contributed by atoms with E-state index in [9.17, 15) is 0 Å². The molecule has 3 heterocycles. The number of halogens is 2. The van der Waals surface area contributed by atoms with Crippen LogP contribution in [-0.2, 0) is 20.9 Å². The van der Waals surface area contributed by atoms with Crippen molar-refractivity contribution in [1.82, 2.24) is 14.5 Å². The van der Waals surface area contributed by atoms with Crippen molar-refractivity contribution in [2.24, 2.45) is 0 Å². The minimum absolute atomic E-state index is 0.208. The third kappa shape index (κ3) is 4.92. The van der Waals surface area contributed by atoms with Crippen LogP contribution in [0, 0.1) is 3.70 Å². The van der Waals surface area contributed by atoms with Gasteiger partial charge in [0.25, 0.3) is 0 Å². The lowest BCUT2D eigenvalue weighted by atomic mass is 10.3. The van der Waals surface area contributed by atoms with Crippen LogP contribution >= 0.6 is 34.2 Å². The van der Waals surface area contributed by atoms with E-state index in [4.69, 9.17) is 25.8 Å². The fraction of sp³-hybridized carbons (Fsp3) is 0.625. The van der Waals surface area contributed by atoms with Crippen LogP contribution in [0.5, 0.6) is 0 Å². The number of ether oxygens (including phenoxy) is 3. The Hall–Kier alpha value is -0.263. The first-order valence-electron chi connectivity index (χ1n) is 8.34. The quantitative estimate of drug-likeness (QED) is 0.261. The minimum Gasteiger partial charge on any atom is -0.376 e. The van der Waals surface area contributed by atoms with Gasteiger partial charge in [-0.2, -0.15) is 0 Å². The van der Waals surface area contributed by atoms with Gasteiger partial charge in [-0.15, -0.1) is 0 Å². The smallest absolute Gasteiger partial charge is 0.179 e. The standard InChI is InChI=1S/C16H23ClIN3O3Si/c1-25(2,3)7-6-23-10-21-12-8-11(17)14(18)19-15(12)20-16(21)13-9-22-4-5-24-13/h8,13H,4-7,9-10H2,1-3H3. The van der Waals surface area contributed by atoms with Gasteiger partial charge in [-0.05, 0) is 34.7 Å². The van der Waals surface area contributed by atoms with Gasteiger partial charge in [-0.25, -0.2) is 9.97 Å². The molecule has 1 aliphatic heterocycles. The Morgan fingerprint density at radius 1 is 1.36 bits per heavy atom. The molecule has 9 heteroatoms. The summed E-state index contributed by atoms with van der Waals surface area (Å²) in [5.74, 6) is 0.785. The van der Waals surface area contributed by atoms with Gasteiger partial charge in [0, 0.05) is 14.7 Å². The van der Waals surface area contributed by atoms with Crippen molar-refractivity contribution in [2.45, 2.75) is 38.5 Å². The van der Waals surface area contributed by atoms with E-state index in [0.717, 1.165) is 27.7 Å². The van der Waals surface area contributed by atoms with E-state index in [1.54, 1.807) is 0 Å². The zero-order chi connectivity index (χ0) is 18.0. The van der Waals surface area contributed by atoms with Gasteiger partial charge in [-0.3, -0.25) is 4.57 Å². The number of fused-ring (bicyclic) bond motifs is 1. The van der Waals surface area contributed by atoms with Crippen molar-refractivity contribution in [3.8, 4) is 0 Å². The largest absolute Gasteiger partial charge is 0.376 e. The number of rotatable bonds is 6. The third-order valence-corrected chi connectivity index (χ3v) is 7.14. The molecule has 3 rings (SSSR count). The molecule has 1 fully saturated rings. The number of aromatic nitrogens is 3. The number of imidazole rings is 1. The van der Waals surface area contributed by atoms with Crippen molar-refractivity contribution in [2.75, 3.05) is 26.4 Å². The second-order valence-electron chi connectivity index (χ2n) is 7.28. The van der Waals surface area contributed by atoms with E-state index in [1.807, 2.05) is 10.6 Å². The summed E-state index contributed by atoms with van der Waals surface area (Å²) < 4.78 is 20.1. The van der Waals surface area contributed by atoms with Crippen molar-refractivity contribution in [1.29, 1.82) is 0 Å². The molecule has 2 aromatic heterocycles. The molecule has 0 saturated carbocycles. The SMILES string of the molecule is C[Si](C)(C)CCOCn1c(C2COCCO2)nc2nc(I)c(Cl)cc21. The lowest BCUT2D eigenvalue weighted by Gasteiger charge is -2.23. The Morgan fingerprint density at radius 3 is 2.84 bits per heavy atom. The molecule has 0 radical (unpaired) electrons. The van der Waals surface area contributed by atoms with Crippen LogP contribution in [0.2, 0.25) is 30.7 Å². The van der Waals surface area contributed by atoms with Gasteiger partial charge in [0.1, 0.15) is 22.4 Å². The second kappa shape index (κ2) is 8.18. The summed E-state index contributed by atoms with van der Waals surface area (Å²) in [7, 11) is -1.12. The molecule has 0 aromatic carbocycles. The molecule has 0 N–H and O–H groups in total. The van der Waals surface area contributed by atoms with E-state index in [1.165, 1.54) is 0 Å². The first kappa shape index (κ1) is 19.5. The number of pyridine rings is 1. The monoisotopic (exact) mass is 495 g/mol. The van der Waals surface area contributed by atoms with Crippen LogP contribution < -0.4 is 0 Å². The summed E-state index contributed by atoms with van der Waals surface area (Å²) in [6, 6.07) is 3.02. The topological polar surface area (TPSA) is 58.4 Å². The van der Waals surface area contributed by atoms with Crippen molar-refractivity contribution in [3.63, 3.8) is 0 Å². The van der Waals surface area contributed by atoms with Crippen LogP contribution in [0.1, 0.15) is 11.9 Å². The lowest BCUT2D eigenvalue weighted by Crippen LogP contribution is -2.25. The molecule has 6 nitrogen and oxygen atoms in total. The van der Waals surface area contributed by atoms with Crippen molar-refractivity contribution < 1.29 is 14.2 Å². The van der Waals surface area contributed by atoms with E-state index in [2.05, 4.69) is 52.2 Å². The highest BCUT2D eigenvalue weighted by Crippen LogP contribution is 2.28. The summed E-state index contributed by atoms with van der Waals surface area (Å²) in [5, 5.41) is 0.615. The summed E-state index contributed by atoms with van der Waals surface area (Å²) in [5.41, 5.74) is 1.52. The lowest BCUT2D eigenvalue weighted by molar-refractivity contribution is -0.0960. The highest BCUT2D eigenvalue weighted by molar-refractivity contribution is 14.1. The maximum absolute atomic E-state index is 6.27. The summed E-state index contributed by atoms with van der Waals surface area (Å²) >= 11 is 8.39. The van der Waals surface area contributed by atoms with Gasteiger partial charge in [-0.1, -0.05) is 31.2 Å². The second-order valence-corrected chi connectivity index (χ2v) is 14.3. The van der Waals surface area contributed by atoms with Crippen LogP contribution in [-0.4, -0.2) is 49.0 Å². The molecular formula is C16H23ClIN3O3Si. The number of nitrogens with zero attached hydrogens (tertiary/aromatic N) is 3. The van der Waals surface area contributed by atoms with Crippen LogP contribution in [0.4, 0.5) is 0 Å². The van der Waals surface area contributed by atoms with Gasteiger partial charge in [0.15, 0.2) is 5.65 Å². The van der Waals surface area contributed by atoms with Crippen molar-refractivity contribution in [3.05, 3.63) is 20.6 Å². The van der Waals surface area contributed by atoms with E-state index >= 15 is 0 Å². The molecular weight excluding hydrogens is 473 g/mol. The highest BCUT2D eigenvalue weighted by atomic mass is 127. The minimum atomic E-state index is -1.12. The summed E-state index contributed by atoms with van der Waals surface area (Å²) in [6.45, 7) is 9.84. The molecule has 0 aliphatic carbocycles. The Morgan fingerprint density at radius 2 is 2.16 bits per heavy atom. The Balaban J connectivity index is 1.87. The van der Waals surface area contributed by atoms with Crippen LogP contribution in [0.3, 0.4) is 0 Å². The number of hydrogen-bond acceptors (Lipinski definition) is 5. The zero-order valence-electron chi connectivity index (χ0n) is 14.7. The summed E-state index contributed by atoms with van der Waals surface area (Å²) in [6.07, 6.45) is -0.208. The first-order valence-corrected chi connectivity index (χ1v) is 13.5. The summed E-state index contributed by atoms with van der Waals surface area (Å²) in [4.78, 5) is 9.17. The number of hydrogen-bond donors (Lipinski definition) is 0. The Labute approximate surface area is 167 Å². The van der Waals surface area contributed by atoms with Gasteiger partial charge in [0.2, 0.25) is 0 Å². The molecule has 1 atom stereocenters. The predicted molar refractivity (Wildman–Crippen MR) is 109 cm³/mol. The molecule has 1 unspecified atom stereocenters. The fourth-order valence-electron chi connectivity index (χ4n) is 2.57. The molecule has 1 saturated heterocycles. The normalized spacial score (nSPS) is 18.8. The van der Waals surface area contributed by atoms with Crippen LogP contribution in [0.15, 0.2) is 6.07 Å². The van der Waals surface area contributed by atoms with Crippen LogP contribution in [0.25, 0.3) is 11.2 Å².